The molecule has 0 aliphatic carbocycles. The van der Waals surface area contributed by atoms with Crippen molar-refractivity contribution in [2.75, 3.05) is 0 Å². The Balaban J connectivity index is 2.69. The molecule has 0 aromatic carbocycles. The van der Waals surface area contributed by atoms with Crippen LogP contribution in [0.3, 0.4) is 0 Å². The zero-order valence-electron chi connectivity index (χ0n) is 10.3. The van der Waals surface area contributed by atoms with Crippen LogP contribution in [0.15, 0.2) is 28.1 Å². The minimum atomic E-state index is -3.92. The fourth-order valence-corrected chi connectivity index (χ4v) is 2.76. The van der Waals surface area contributed by atoms with Crippen molar-refractivity contribution in [1.29, 1.82) is 0 Å². The lowest BCUT2D eigenvalue weighted by molar-refractivity contribution is 0.524. The van der Waals surface area contributed by atoms with E-state index in [-0.39, 0.29) is 11.2 Å². The largest absolute Gasteiger partial charge is 0.294 e. The molecule has 0 spiro atoms. The fourth-order valence-electron chi connectivity index (χ4n) is 1.67. The standard InChI is InChI=1S/C10H12BrN5O2S/c1-6(2)16-9(7-3-8(11)5-13-4-7)14-15-10(16)19(12,17)18/h3-6H,1-2H3,(H2,12,17,18). The topological polar surface area (TPSA) is 104 Å². The first-order valence-corrected chi connectivity index (χ1v) is 7.73. The number of nitrogens with zero attached hydrogens (tertiary/aromatic N) is 4. The highest BCUT2D eigenvalue weighted by atomic mass is 79.9. The van der Waals surface area contributed by atoms with E-state index in [4.69, 9.17) is 5.14 Å². The lowest BCUT2D eigenvalue weighted by Crippen LogP contribution is -2.20. The number of primary sulfonamides is 1. The zero-order chi connectivity index (χ0) is 14.2. The highest BCUT2D eigenvalue weighted by Gasteiger charge is 2.23. The Kier molecular flexibility index (Phi) is 3.70. The molecule has 0 aliphatic rings. The van der Waals surface area contributed by atoms with Crippen molar-refractivity contribution in [2.24, 2.45) is 5.14 Å². The maximum absolute atomic E-state index is 11.5. The van der Waals surface area contributed by atoms with Gasteiger partial charge in [-0.3, -0.25) is 9.55 Å². The van der Waals surface area contributed by atoms with Gasteiger partial charge in [-0.05, 0) is 35.8 Å². The number of nitrogens with two attached hydrogens (primary N) is 1. The van der Waals surface area contributed by atoms with E-state index in [9.17, 15) is 8.42 Å². The van der Waals surface area contributed by atoms with Crippen molar-refractivity contribution in [3.8, 4) is 11.4 Å². The van der Waals surface area contributed by atoms with Gasteiger partial charge in [0.15, 0.2) is 5.82 Å². The van der Waals surface area contributed by atoms with Gasteiger partial charge in [-0.1, -0.05) is 0 Å². The summed E-state index contributed by atoms with van der Waals surface area (Å²) >= 11 is 3.30. The molecule has 0 aliphatic heterocycles. The second-order valence-electron chi connectivity index (χ2n) is 4.21. The van der Waals surface area contributed by atoms with Gasteiger partial charge in [-0.25, -0.2) is 13.6 Å². The Hall–Kier alpha value is -1.32. The summed E-state index contributed by atoms with van der Waals surface area (Å²) < 4.78 is 25.2. The summed E-state index contributed by atoms with van der Waals surface area (Å²) in [5.41, 5.74) is 0.658. The molecule has 0 fully saturated rings. The van der Waals surface area contributed by atoms with Crippen molar-refractivity contribution >= 4 is 26.0 Å². The van der Waals surface area contributed by atoms with Crippen molar-refractivity contribution in [3.05, 3.63) is 22.9 Å². The third-order valence-corrected chi connectivity index (χ3v) is 3.62. The monoisotopic (exact) mass is 345 g/mol. The number of hydrogen-bond acceptors (Lipinski definition) is 5. The molecule has 0 saturated heterocycles. The Bertz CT molecular complexity index is 710. The number of pyridine rings is 1. The molecule has 9 heteroatoms. The van der Waals surface area contributed by atoms with Gasteiger partial charge in [0.1, 0.15) is 0 Å². The zero-order valence-corrected chi connectivity index (χ0v) is 12.7. The fraction of sp³-hybridized carbons (Fsp3) is 0.300. The molecular formula is C10H12BrN5O2S. The Morgan fingerprint density at radius 1 is 1.32 bits per heavy atom. The van der Waals surface area contributed by atoms with Gasteiger partial charge in [0.25, 0.3) is 15.2 Å². The average molecular weight is 346 g/mol. The molecule has 19 heavy (non-hydrogen) atoms. The van der Waals surface area contributed by atoms with Crippen LogP contribution < -0.4 is 5.14 Å². The van der Waals surface area contributed by atoms with Crippen LogP contribution in [0.25, 0.3) is 11.4 Å². The molecule has 0 saturated carbocycles. The Morgan fingerprint density at radius 2 is 2.00 bits per heavy atom. The van der Waals surface area contributed by atoms with Gasteiger partial charge in [0.05, 0.1) is 0 Å². The van der Waals surface area contributed by atoms with Crippen LogP contribution in [0.5, 0.6) is 0 Å². The van der Waals surface area contributed by atoms with Gasteiger partial charge in [0, 0.05) is 28.5 Å². The summed E-state index contributed by atoms with van der Waals surface area (Å²) in [5.74, 6) is 0.410. The van der Waals surface area contributed by atoms with E-state index in [1.165, 1.54) is 4.57 Å². The maximum atomic E-state index is 11.5. The lowest BCUT2D eigenvalue weighted by Gasteiger charge is -2.12. The van der Waals surface area contributed by atoms with Gasteiger partial charge < -0.3 is 0 Å². The van der Waals surface area contributed by atoms with Crippen molar-refractivity contribution in [1.82, 2.24) is 19.7 Å². The highest BCUT2D eigenvalue weighted by Crippen LogP contribution is 2.25. The molecule has 2 aromatic rings. The number of rotatable bonds is 3. The molecule has 2 aromatic heterocycles. The molecule has 0 unspecified atom stereocenters. The molecule has 0 amide bonds. The number of hydrogen-bond donors (Lipinski definition) is 1. The normalized spacial score (nSPS) is 12.1. The van der Waals surface area contributed by atoms with E-state index in [0.29, 0.717) is 11.4 Å². The van der Waals surface area contributed by atoms with E-state index in [2.05, 4.69) is 31.1 Å². The second kappa shape index (κ2) is 4.99. The van der Waals surface area contributed by atoms with Gasteiger partial charge in [-0.2, -0.15) is 0 Å². The van der Waals surface area contributed by atoms with Crippen molar-refractivity contribution in [3.63, 3.8) is 0 Å². The van der Waals surface area contributed by atoms with E-state index < -0.39 is 10.0 Å². The molecule has 0 radical (unpaired) electrons. The maximum Gasteiger partial charge on any atom is 0.273 e. The molecule has 2 heterocycles. The molecule has 102 valence electrons. The first-order valence-electron chi connectivity index (χ1n) is 5.39. The van der Waals surface area contributed by atoms with E-state index >= 15 is 0 Å². The molecule has 7 nitrogen and oxygen atoms in total. The highest BCUT2D eigenvalue weighted by molar-refractivity contribution is 9.10. The van der Waals surface area contributed by atoms with E-state index in [1.807, 2.05) is 13.8 Å². The van der Waals surface area contributed by atoms with Crippen LogP contribution in [0.4, 0.5) is 0 Å². The number of sulfonamides is 1. The summed E-state index contributed by atoms with van der Waals surface area (Å²) in [7, 11) is -3.92. The Morgan fingerprint density at radius 3 is 2.53 bits per heavy atom. The number of aromatic nitrogens is 4. The smallest absolute Gasteiger partial charge is 0.273 e. The summed E-state index contributed by atoms with van der Waals surface area (Å²) in [6, 6.07) is 1.63. The SMILES string of the molecule is CC(C)n1c(-c2cncc(Br)c2)nnc1S(N)(=O)=O. The molecular weight excluding hydrogens is 334 g/mol. The lowest BCUT2D eigenvalue weighted by atomic mass is 10.2. The van der Waals surface area contributed by atoms with Crippen LogP contribution in [0.2, 0.25) is 0 Å². The minimum Gasteiger partial charge on any atom is -0.294 e. The minimum absolute atomic E-state index is 0.155. The van der Waals surface area contributed by atoms with Gasteiger partial charge >= 0.3 is 0 Å². The molecule has 0 atom stereocenters. The van der Waals surface area contributed by atoms with Crippen LogP contribution >= 0.6 is 15.9 Å². The predicted octanol–water partition coefficient (Wildman–Crippen LogP) is 1.33. The van der Waals surface area contributed by atoms with Crippen LogP contribution in [-0.2, 0) is 10.0 Å². The van der Waals surface area contributed by atoms with Crippen LogP contribution in [0.1, 0.15) is 19.9 Å². The summed E-state index contributed by atoms with van der Waals surface area (Å²) in [4.78, 5) is 4.02. The summed E-state index contributed by atoms with van der Waals surface area (Å²) in [6.45, 7) is 3.65. The van der Waals surface area contributed by atoms with Crippen molar-refractivity contribution in [2.45, 2.75) is 25.0 Å². The summed E-state index contributed by atoms with van der Waals surface area (Å²) in [6.07, 6.45) is 3.21. The van der Waals surface area contributed by atoms with Gasteiger partial charge in [-0.15, -0.1) is 10.2 Å². The average Bonchev–Trinajstić information content (AvgIpc) is 2.72. The van der Waals surface area contributed by atoms with E-state index in [0.717, 1.165) is 4.47 Å². The first kappa shape index (κ1) is 14.1. The Labute approximate surface area is 119 Å². The van der Waals surface area contributed by atoms with E-state index in [1.54, 1.807) is 18.5 Å². The third kappa shape index (κ3) is 2.82. The molecule has 2 N–H and O–H groups in total. The van der Waals surface area contributed by atoms with Gasteiger partial charge in [0.2, 0.25) is 0 Å². The van der Waals surface area contributed by atoms with Crippen molar-refractivity contribution < 1.29 is 8.42 Å². The molecule has 0 bridgehead atoms. The number of halogens is 1. The second-order valence-corrected chi connectivity index (χ2v) is 6.58. The first-order chi connectivity index (χ1) is 8.80. The predicted molar refractivity (Wildman–Crippen MR) is 72.7 cm³/mol. The quantitative estimate of drug-likeness (QED) is 0.903. The molecule has 2 rings (SSSR count). The third-order valence-electron chi connectivity index (χ3n) is 2.40. The van der Waals surface area contributed by atoms with Crippen LogP contribution in [-0.4, -0.2) is 28.2 Å². The summed E-state index contributed by atoms with van der Waals surface area (Å²) in [5, 5.41) is 12.5. The van der Waals surface area contributed by atoms with Crippen LogP contribution in [0, 0.1) is 0 Å².